The first-order chi connectivity index (χ1) is 10.3. The van der Waals surface area contributed by atoms with Crippen LogP contribution in [0.1, 0.15) is 36.9 Å². The van der Waals surface area contributed by atoms with Crippen LogP contribution in [0.2, 0.25) is 0 Å². The van der Waals surface area contributed by atoms with Gasteiger partial charge in [-0.25, -0.2) is 4.98 Å². The number of imidazole rings is 1. The summed E-state index contributed by atoms with van der Waals surface area (Å²) in [5.41, 5.74) is 3.55. The van der Waals surface area contributed by atoms with E-state index in [1.165, 1.54) is 50.0 Å². The molecule has 2 unspecified atom stereocenters. The minimum absolute atomic E-state index is 0.700. The van der Waals surface area contributed by atoms with Gasteiger partial charge in [-0.15, -0.1) is 0 Å². The van der Waals surface area contributed by atoms with Gasteiger partial charge in [0.25, 0.3) is 0 Å². The second-order valence-electron chi connectivity index (χ2n) is 6.54. The maximum Gasteiger partial charge on any atom is 0.139 e. The molecule has 4 heterocycles. The van der Waals surface area contributed by atoms with Gasteiger partial charge in [-0.3, -0.25) is 4.90 Å². The fraction of sp³-hybridized carbons (Fsp3) is 0.588. The smallest absolute Gasteiger partial charge is 0.139 e. The van der Waals surface area contributed by atoms with Crippen LogP contribution in [0.5, 0.6) is 0 Å². The molecule has 0 spiro atoms. The van der Waals surface area contributed by atoms with Crippen LogP contribution in [0.3, 0.4) is 0 Å². The molecule has 0 amide bonds. The number of likely N-dealkylation sites (tertiary alicyclic amines) is 1. The van der Waals surface area contributed by atoms with Crippen LogP contribution in [-0.4, -0.2) is 39.5 Å². The van der Waals surface area contributed by atoms with Crippen LogP contribution in [0.25, 0.3) is 5.65 Å². The highest BCUT2D eigenvalue weighted by Gasteiger charge is 2.33. The first kappa shape index (κ1) is 13.3. The van der Waals surface area contributed by atoms with Gasteiger partial charge >= 0.3 is 0 Å². The number of hydrogen-bond acceptors (Lipinski definition) is 3. The predicted molar refractivity (Wildman–Crippen MR) is 84.4 cm³/mol. The van der Waals surface area contributed by atoms with Crippen molar-refractivity contribution in [2.45, 2.75) is 51.2 Å². The van der Waals surface area contributed by atoms with Crippen LogP contribution in [0.15, 0.2) is 24.5 Å². The molecule has 2 aliphatic heterocycles. The molecule has 2 aliphatic rings. The standard InChI is InChI=1S/C17H24N4/c1-13-5-3-10-21-12-14(19-17(13)21)11-20-9-4-7-16(20)15-6-2-8-18-15/h3,5,10,12,15-16,18H,2,4,6-9,11H2,1H3. The number of nitrogens with zero attached hydrogens (tertiary/aromatic N) is 3. The van der Waals surface area contributed by atoms with E-state index in [1.54, 1.807) is 0 Å². The van der Waals surface area contributed by atoms with E-state index in [2.05, 4.69) is 46.1 Å². The lowest BCUT2D eigenvalue weighted by molar-refractivity contribution is 0.205. The van der Waals surface area contributed by atoms with Gasteiger partial charge in [-0.1, -0.05) is 6.07 Å². The molecule has 112 valence electrons. The zero-order valence-corrected chi connectivity index (χ0v) is 12.8. The first-order valence-electron chi connectivity index (χ1n) is 8.22. The largest absolute Gasteiger partial charge is 0.312 e. The van der Waals surface area contributed by atoms with Crippen molar-refractivity contribution in [2.24, 2.45) is 0 Å². The molecule has 2 aromatic heterocycles. The molecular formula is C17H24N4. The lowest BCUT2D eigenvalue weighted by Crippen LogP contribution is -2.43. The normalized spacial score (nSPS) is 26.9. The third-order valence-electron chi connectivity index (χ3n) is 5.07. The summed E-state index contributed by atoms with van der Waals surface area (Å²) in [6.07, 6.45) is 9.63. The maximum atomic E-state index is 4.84. The molecule has 4 heteroatoms. The highest BCUT2D eigenvalue weighted by atomic mass is 15.2. The minimum atomic E-state index is 0.700. The highest BCUT2D eigenvalue weighted by molar-refractivity contribution is 5.47. The van der Waals surface area contributed by atoms with Crippen LogP contribution in [-0.2, 0) is 6.54 Å². The lowest BCUT2D eigenvalue weighted by atomic mass is 10.0. The Balaban J connectivity index is 1.54. The van der Waals surface area contributed by atoms with Gasteiger partial charge in [0.05, 0.1) is 5.69 Å². The summed E-state index contributed by atoms with van der Waals surface area (Å²) in [5.74, 6) is 0. The van der Waals surface area contributed by atoms with E-state index < -0.39 is 0 Å². The average Bonchev–Trinajstić information content (AvgIpc) is 3.17. The summed E-state index contributed by atoms with van der Waals surface area (Å²) in [5, 5.41) is 3.68. The molecule has 0 aromatic carbocycles. The van der Waals surface area contributed by atoms with Crippen LogP contribution in [0.4, 0.5) is 0 Å². The lowest BCUT2D eigenvalue weighted by Gasteiger charge is -2.28. The number of aryl methyl sites for hydroxylation is 1. The molecular weight excluding hydrogens is 260 g/mol. The Kier molecular flexibility index (Phi) is 3.43. The van der Waals surface area contributed by atoms with Crippen molar-refractivity contribution in [1.29, 1.82) is 0 Å². The van der Waals surface area contributed by atoms with Crippen molar-refractivity contribution < 1.29 is 0 Å². The van der Waals surface area contributed by atoms with Gasteiger partial charge in [-0.05, 0) is 57.3 Å². The molecule has 0 radical (unpaired) electrons. The molecule has 2 saturated heterocycles. The van der Waals surface area contributed by atoms with Crippen molar-refractivity contribution in [1.82, 2.24) is 19.6 Å². The summed E-state index contributed by atoms with van der Waals surface area (Å²) in [6, 6.07) is 5.63. The Morgan fingerprint density at radius 3 is 3.10 bits per heavy atom. The Bertz CT molecular complexity index is 627. The van der Waals surface area contributed by atoms with E-state index in [4.69, 9.17) is 4.98 Å². The van der Waals surface area contributed by atoms with Gasteiger partial charge in [0.2, 0.25) is 0 Å². The molecule has 1 N–H and O–H groups in total. The van der Waals surface area contributed by atoms with Gasteiger partial charge in [-0.2, -0.15) is 0 Å². The van der Waals surface area contributed by atoms with Gasteiger partial charge in [0.1, 0.15) is 5.65 Å². The third-order valence-corrected chi connectivity index (χ3v) is 5.07. The summed E-state index contributed by atoms with van der Waals surface area (Å²) in [4.78, 5) is 7.48. The Morgan fingerprint density at radius 2 is 2.29 bits per heavy atom. The van der Waals surface area contributed by atoms with E-state index in [0.717, 1.165) is 12.2 Å². The SMILES string of the molecule is Cc1cccn2cc(CN3CCCC3C3CCCN3)nc12. The molecule has 2 fully saturated rings. The molecule has 0 bridgehead atoms. The van der Waals surface area contributed by atoms with Crippen LogP contribution in [0, 0.1) is 6.92 Å². The number of nitrogens with one attached hydrogen (secondary N) is 1. The number of pyridine rings is 1. The van der Waals surface area contributed by atoms with E-state index in [0.29, 0.717) is 12.1 Å². The fourth-order valence-corrected chi connectivity index (χ4v) is 4.03. The van der Waals surface area contributed by atoms with Crippen molar-refractivity contribution in [2.75, 3.05) is 13.1 Å². The maximum absolute atomic E-state index is 4.84. The zero-order valence-electron chi connectivity index (χ0n) is 12.8. The summed E-state index contributed by atoms with van der Waals surface area (Å²) >= 11 is 0. The van der Waals surface area contributed by atoms with E-state index in [-0.39, 0.29) is 0 Å². The molecule has 0 saturated carbocycles. The van der Waals surface area contributed by atoms with Crippen LogP contribution >= 0.6 is 0 Å². The summed E-state index contributed by atoms with van der Waals surface area (Å²) in [6.45, 7) is 5.54. The Morgan fingerprint density at radius 1 is 1.33 bits per heavy atom. The van der Waals surface area contributed by atoms with E-state index in [1.807, 2.05) is 0 Å². The molecule has 21 heavy (non-hydrogen) atoms. The first-order valence-corrected chi connectivity index (χ1v) is 8.22. The summed E-state index contributed by atoms with van der Waals surface area (Å²) < 4.78 is 2.16. The molecule has 4 nitrogen and oxygen atoms in total. The number of aromatic nitrogens is 2. The van der Waals surface area contributed by atoms with Crippen molar-refractivity contribution >= 4 is 5.65 Å². The van der Waals surface area contributed by atoms with Gasteiger partial charge in [0.15, 0.2) is 0 Å². The minimum Gasteiger partial charge on any atom is -0.312 e. The van der Waals surface area contributed by atoms with E-state index >= 15 is 0 Å². The molecule has 4 rings (SSSR count). The van der Waals surface area contributed by atoms with Crippen molar-refractivity contribution in [3.63, 3.8) is 0 Å². The van der Waals surface area contributed by atoms with E-state index in [9.17, 15) is 0 Å². The Hall–Kier alpha value is -1.39. The van der Waals surface area contributed by atoms with Gasteiger partial charge in [0, 0.05) is 31.0 Å². The van der Waals surface area contributed by atoms with Crippen molar-refractivity contribution in [3.8, 4) is 0 Å². The number of fused-ring (bicyclic) bond motifs is 1. The Labute approximate surface area is 126 Å². The monoisotopic (exact) mass is 284 g/mol. The topological polar surface area (TPSA) is 32.6 Å². The quantitative estimate of drug-likeness (QED) is 0.939. The zero-order chi connectivity index (χ0) is 14.2. The van der Waals surface area contributed by atoms with Crippen LogP contribution < -0.4 is 5.32 Å². The predicted octanol–water partition coefficient (Wildman–Crippen LogP) is 2.36. The second-order valence-corrected chi connectivity index (χ2v) is 6.54. The number of rotatable bonds is 3. The fourth-order valence-electron chi connectivity index (χ4n) is 4.03. The number of hydrogen-bond donors (Lipinski definition) is 1. The highest BCUT2D eigenvalue weighted by Crippen LogP contribution is 2.26. The third kappa shape index (κ3) is 2.47. The van der Waals surface area contributed by atoms with Crippen molar-refractivity contribution in [3.05, 3.63) is 35.8 Å². The average molecular weight is 284 g/mol. The molecule has 2 atom stereocenters. The molecule has 0 aliphatic carbocycles. The second kappa shape index (κ2) is 5.43. The van der Waals surface area contributed by atoms with Gasteiger partial charge < -0.3 is 9.72 Å². The summed E-state index contributed by atoms with van der Waals surface area (Å²) in [7, 11) is 0. The molecule has 2 aromatic rings.